The van der Waals surface area contributed by atoms with Crippen molar-refractivity contribution in [1.82, 2.24) is 9.55 Å². The van der Waals surface area contributed by atoms with Crippen LogP contribution in [0.4, 0.5) is 4.39 Å². The molecule has 0 saturated carbocycles. The molecule has 0 bridgehead atoms. The van der Waals surface area contributed by atoms with Crippen LogP contribution in [0.5, 0.6) is 0 Å². The van der Waals surface area contributed by atoms with E-state index in [0.717, 1.165) is 5.82 Å². The van der Waals surface area contributed by atoms with Crippen LogP contribution >= 0.6 is 23.2 Å². The Kier molecular flexibility index (Phi) is 5.06. The fourth-order valence-electron chi connectivity index (χ4n) is 2.33. The largest absolute Gasteiger partial charge is 0.338 e. The zero-order valence-corrected chi connectivity index (χ0v) is 12.8. The van der Waals surface area contributed by atoms with Gasteiger partial charge in [0, 0.05) is 43.0 Å². The number of halogens is 3. The Morgan fingerprint density at radius 3 is 2.50 bits per heavy atom. The molecule has 1 aromatic heterocycles. The molecule has 0 aliphatic rings. The van der Waals surface area contributed by atoms with E-state index in [2.05, 4.69) is 4.98 Å². The highest BCUT2D eigenvalue weighted by Crippen LogP contribution is 2.34. The lowest BCUT2D eigenvalue weighted by molar-refractivity contribution is 0.453. The van der Waals surface area contributed by atoms with Crippen molar-refractivity contribution in [2.24, 2.45) is 7.05 Å². The van der Waals surface area contributed by atoms with Gasteiger partial charge in [-0.3, -0.25) is 0 Å². The predicted molar refractivity (Wildman–Crippen MR) is 81.0 cm³/mol. The summed E-state index contributed by atoms with van der Waals surface area (Å²) in [5.41, 5.74) is 0.0136. The van der Waals surface area contributed by atoms with Gasteiger partial charge in [0.25, 0.3) is 0 Å². The molecule has 2 nitrogen and oxygen atoms in total. The lowest BCUT2D eigenvalue weighted by Gasteiger charge is -2.30. The van der Waals surface area contributed by atoms with E-state index in [9.17, 15) is 4.39 Å². The minimum atomic E-state index is -0.569. The fourth-order valence-corrected chi connectivity index (χ4v) is 3.17. The van der Waals surface area contributed by atoms with Crippen LogP contribution < -0.4 is 0 Å². The fraction of sp³-hybridized carbons (Fsp3) is 0.400. The van der Waals surface area contributed by atoms with Crippen molar-refractivity contribution < 1.29 is 4.39 Å². The van der Waals surface area contributed by atoms with Crippen LogP contribution in [0.25, 0.3) is 0 Å². The van der Waals surface area contributed by atoms with Crippen LogP contribution in [0.3, 0.4) is 0 Å². The Morgan fingerprint density at radius 2 is 1.95 bits per heavy atom. The Bertz CT molecular complexity index is 565. The predicted octanol–water partition coefficient (Wildman–Crippen LogP) is 3.91. The molecule has 2 rings (SSSR count). The number of hydrogen-bond acceptors (Lipinski definition) is 1. The highest BCUT2D eigenvalue weighted by atomic mass is 35.5. The van der Waals surface area contributed by atoms with E-state index < -0.39 is 5.41 Å². The zero-order chi connectivity index (χ0) is 14.6. The third-order valence-corrected chi connectivity index (χ3v) is 4.73. The van der Waals surface area contributed by atoms with Gasteiger partial charge in [0.15, 0.2) is 0 Å². The minimum Gasteiger partial charge on any atom is -0.338 e. The van der Waals surface area contributed by atoms with Gasteiger partial charge in [-0.1, -0.05) is 18.2 Å². The van der Waals surface area contributed by atoms with E-state index >= 15 is 0 Å². The topological polar surface area (TPSA) is 17.8 Å². The second-order valence-corrected chi connectivity index (χ2v) is 5.52. The third-order valence-electron chi connectivity index (χ3n) is 3.70. The highest BCUT2D eigenvalue weighted by molar-refractivity contribution is 6.22. The Labute approximate surface area is 128 Å². The molecule has 1 aromatic carbocycles. The minimum absolute atomic E-state index is 0.256. The maximum Gasteiger partial charge on any atom is 0.127 e. The molecule has 0 saturated heterocycles. The average molecular weight is 315 g/mol. The number of benzene rings is 1. The number of rotatable bonds is 6. The van der Waals surface area contributed by atoms with E-state index in [4.69, 9.17) is 23.2 Å². The van der Waals surface area contributed by atoms with Crippen molar-refractivity contribution in [2.75, 3.05) is 11.8 Å². The monoisotopic (exact) mass is 314 g/mol. The summed E-state index contributed by atoms with van der Waals surface area (Å²) in [4.78, 5) is 4.29. The first-order valence-electron chi connectivity index (χ1n) is 6.46. The molecule has 0 atom stereocenters. The van der Waals surface area contributed by atoms with E-state index in [1.165, 1.54) is 6.07 Å². The molecule has 0 aliphatic heterocycles. The standard InChI is InChI=1S/C15H17Cl2FN2/c1-20-9-8-19-14(20)6-7-15(10-16,11-17)12-4-2-3-5-13(12)18/h2-5,8-9H,6-7,10-11H2,1H3. The molecule has 2 aromatic rings. The number of alkyl halides is 2. The first kappa shape index (κ1) is 15.3. The molecule has 0 unspecified atom stereocenters. The summed E-state index contributed by atoms with van der Waals surface area (Å²) < 4.78 is 16.0. The molecule has 1 heterocycles. The van der Waals surface area contributed by atoms with Gasteiger partial charge in [-0.15, -0.1) is 23.2 Å². The number of hydrogen-bond donors (Lipinski definition) is 0. The van der Waals surface area contributed by atoms with E-state index in [0.29, 0.717) is 18.4 Å². The smallest absolute Gasteiger partial charge is 0.127 e. The zero-order valence-electron chi connectivity index (χ0n) is 11.3. The van der Waals surface area contributed by atoms with Gasteiger partial charge in [0.05, 0.1) is 0 Å². The second-order valence-electron chi connectivity index (χ2n) is 4.98. The Balaban J connectivity index is 2.26. The van der Waals surface area contributed by atoms with Crippen molar-refractivity contribution >= 4 is 23.2 Å². The second kappa shape index (κ2) is 6.59. The maximum absolute atomic E-state index is 14.1. The van der Waals surface area contributed by atoms with Crippen LogP contribution in [0.15, 0.2) is 36.7 Å². The summed E-state index contributed by atoms with van der Waals surface area (Å²) in [6, 6.07) is 6.69. The number of aryl methyl sites for hydroxylation is 2. The Morgan fingerprint density at radius 1 is 1.25 bits per heavy atom. The third kappa shape index (κ3) is 2.99. The van der Waals surface area contributed by atoms with Gasteiger partial charge in [-0.05, 0) is 18.1 Å². The molecular formula is C15H17Cl2FN2. The van der Waals surface area contributed by atoms with Gasteiger partial charge in [0.1, 0.15) is 11.6 Å². The molecule has 5 heteroatoms. The summed E-state index contributed by atoms with van der Waals surface area (Å²) >= 11 is 12.3. The van der Waals surface area contributed by atoms with Crippen LogP contribution in [0, 0.1) is 5.82 Å². The van der Waals surface area contributed by atoms with Crippen molar-refractivity contribution in [3.05, 3.63) is 53.9 Å². The summed E-state index contributed by atoms with van der Waals surface area (Å²) in [6.45, 7) is 0. The van der Waals surface area contributed by atoms with Gasteiger partial charge >= 0.3 is 0 Å². The SMILES string of the molecule is Cn1ccnc1CCC(CCl)(CCl)c1ccccc1F. The van der Waals surface area contributed by atoms with Gasteiger partial charge < -0.3 is 4.57 Å². The van der Waals surface area contributed by atoms with Gasteiger partial charge in [0.2, 0.25) is 0 Å². The van der Waals surface area contributed by atoms with Crippen molar-refractivity contribution in [2.45, 2.75) is 18.3 Å². The molecule has 20 heavy (non-hydrogen) atoms. The van der Waals surface area contributed by atoms with Crippen molar-refractivity contribution in [3.63, 3.8) is 0 Å². The Hall–Kier alpha value is -1.06. The van der Waals surface area contributed by atoms with Crippen molar-refractivity contribution in [1.29, 1.82) is 0 Å². The van der Waals surface area contributed by atoms with E-state index in [-0.39, 0.29) is 17.6 Å². The average Bonchev–Trinajstić information content (AvgIpc) is 2.87. The maximum atomic E-state index is 14.1. The summed E-state index contributed by atoms with van der Waals surface area (Å²) in [7, 11) is 1.94. The first-order chi connectivity index (χ1) is 9.63. The van der Waals surface area contributed by atoms with E-state index in [1.54, 1.807) is 18.3 Å². The van der Waals surface area contributed by atoms with Crippen LogP contribution in [-0.2, 0) is 18.9 Å². The molecule has 0 fully saturated rings. The molecular weight excluding hydrogens is 298 g/mol. The summed E-state index contributed by atoms with van der Waals surface area (Å²) in [5.74, 6) is 1.25. The number of nitrogens with zero attached hydrogens (tertiary/aromatic N) is 2. The highest BCUT2D eigenvalue weighted by Gasteiger charge is 2.33. The first-order valence-corrected chi connectivity index (χ1v) is 7.53. The molecule has 0 N–H and O–H groups in total. The number of imidazole rings is 1. The van der Waals surface area contributed by atoms with Crippen molar-refractivity contribution in [3.8, 4) is 0 Å². The lowest BCUT2D eigenvalue weighted by atomic mass is 9.79. The van der Waals surface area contributed by atoms with Gasteiger partial charge in [-0.2, -0.15) is 0 Å². The quantitative estimate of drug-likeness (QED) is 0.739. The molecule has 0 amide bonds. The summed E-state index contributed by atoms with van der Waals surface area (Å²) in [5, 5.41) is 0. The van der Waals surface area contributed by atoms with Crippen LogP contribution in [0.2, 0.25) is 0 Å². The van der Waals surface area contributed by atoms with E-state index in [1.807, 2.05) is 23.9 Å². The molecule has 0 aliphatic carbocycles. The normalized spacial score (nSPS) is 11.8. The lowest BCUT2D eigenvalue weighted by Crippen LogP contribution is -2.32. The van der Waals surface area contributed by atoms with Crippen LogP contribution in [-0.4, -0.2) is 21.3 Å². The van der Waals surface area contributed by atoms with Gasteiger partial charge in [-0.25, -0.2) is 9.37 Å². The summed E-state index contributed by atoms with van der Waals surface area (Å²) in [6.07, 6.45) is 5.01. The molecule has 0 radical (unpaired) electrons. The molecule has 108 valence electrons. The van der Waals surface area contributed by atoms with Crippen LogP contribution in [0.1, 0.15) is 17.8 Å². The molecule has 0 spiro atoms. The number of aromatic nitrogens is 2.